The molecule has 24 heavy (non-hydrogen) atoms. The smallest absolute Gasteiger partial charge is 0.327 e. The Morgan fingerprint density at radius 3 is 2.58 bits per heavy atom. The number of nitrogens with one attached hydrogen (secondary N) is 3. The van der Waals surface area contributed by atoms with E-state index in [4.69, 9.17) is 9.47 Å². The van der Waals surface area contributed by atoms with Crippen molar-refractivity contribution in [2.75, 3.05) is 39.7 Å². The van der Waals surface area contributed by atoms with Crippen LogP contribution < -0.4 is 25.6 Å². The monoisotopic (exact) mass is 334 g/mol. The highest BCUT2D eigenvalue weighted by molar-refractivity contribution is 6.39. The molecule has 0 fully saturated rings. The third-order valence-electron chi connectivity index (χ3n) is 3.61. The van der Waals surface area contributed by atoms with Gasteiger partial charge in [0, 0.05) is 31.3 Å². The molecule has 1 aromatic rings. The maximum atomic E-state index is 12.0. The van der Waals surface area contributed by atoms with Crippen LogP contribution in [0, 0.1) is 0 Å². The van der Waals surface area contributed by atoms with Gasteiger partial charge in [0.2, 0.25) is 0 Å². The van der Waals surface area contributed by atoms with Gasteiger partial charge < -0.3 is 25.1 Å². The van der Waals surface area contributed by atoms with Gasteiger partial charge in [0.05, 0.1) is 19.9 Å². The van der Waals surface area contributed by atoms with E-state index in [0.717, 1.165) is 25.2 Å². The maximum absolute atomic E-state index is 12.0. The van der Waals surface area contributed by atoms with E-state index in [1.807, 2.05) is 13.1 Å². The van der Waals surface area contributed by atoms with Crippen LogP contribution in [0.4, 0.5) is 5.69 Å². The Kier molecular flexibility index (Phi) is 6.02. The van der Waals surface area contributed by atoms with Gasteiger partial charge in [-0.05, 0) is 25.3 Å². The van der Waals surface area contributed by atoms with Crippen molar-refractivity contribution < 1.29 is 19.1 Å². The van der Waals surface area contributed by atoms with Gasteiger partial charge in [-0.3, -0.25) is 15.0 Å². The van der Waals surface area contributed by atoms with Crippen LogP contribution in [0.2, 0.25) is 0 Å². The minimum Gasteiger partial charge on any atom is -0.497 e. The predicted octanol–water partition coefficient (Wildman–Crippen LogP) is 0.483. The fraction of sp³-hybridized carbons (Fsp3) is 0.375. The molecule has 2 amide bonds. The number of methoxy groups -OCH3 is 2. The van der Waals surface area contributed by atoms with Crippen molar-refractivity contribution in [3.63, 3.8) is 0 Å². The third-order valence-corrected chi connectivity index (χ3v) is 3.61. The van der Waals surface area contributed by atoms with Crippen LogP contribution in [0.3, 0.4) is 0 Å². The van der Waals surface area contributed by atoms with Crippen molar-refractivity contribution in [1.29, 1.82) is 0 Å². The maximum Gasteiger partial charge on any atom is 0.327 e. The van der Waals surface area contributed by atoms with E-state index in [1.165, 1.54) is 14.2 Å². The Hall–Kier alpha value is -2.74. The van der Waals surface area contributed by atoms with Gasteiger partial charge in [-0.15, -0.1) is 0 Å². The van der Waals surface area contributed by atoms with Crippen LogP contribution in [0.15, 0.2) is 30.0 Å². The summed E-state index contributed by atoms with van der Waals surface area (Å²) in [6.45, 7) is 1.69. The number of rotatable bonds is 5. The van der Waals surface area contributed by atoms with E-state index in [1.54, 1.807) is 18.2 Å². The highest BCUT2D eigenvalue weighted by Gasteiger charge is 2.17. The quantitative estimate of drug-likeness (QED) is 0.536. The lowest BCUT2D eigenvalue weighted by Crippen LogP contribution is -2.44. The zero-order valence-corrected chi connectivity index (χ0v) is 14.0. The second-order valence-corrected chi connectivity index (χ2v) is 5.34. The van der Waals surface area contributed by atoms with Crippen LogP contribution in [-0.4, -0.2) is 51.1 Å². The SMILES string of the molecule is COc1ccc(OC)c(NC(=O)C(=O)NNC2=CCN(C)CC2)c1. The van der Waals surface area contributed by atoms with Crippen molar-refractivity contribution in [1.82, 2.24) is 15.8 Å². The van der Waals surface area contributed by atoms with Gasteiger partial charge in [0.25, 0.3) is 0 Å². The number of hydrogen-bond donors (Lipinski definition) is 3. The molecule has 2 rings (SSSR count). The number of carbonyl (C=O) groups is 2. The van der Waals surface area contributed by atoms with Gasteiger partial charge in [-0.1, -0.05) is 0 Å². The molecule has 0 aliphatic carbocycles. The molecular formula is C16H22N4O4. The fourth-order valence-electron chi connectivity index (χ4n) is 2.17. The summed E-state index contributed by atoms with van der Waals surface area (Å²) in [4.78, 5) is 26.1. The van der Waals surface area contributed by atoms with Crippen LogP contribution in [0.5, 0.6) is 11.5 Å². The van der Waals surface area contributed by atoms with Crippen LogP contribution >= 0.6 is 0 Å². The number of hydrogen-bond acceptors (Lipinski definition) is 6. The molecule has 1 aromatic carbocycles. The van der Waals surface area contributed by atoms with E-state index in [0.29, 0.717) is 17.2 Å². The summed E-state index contributed by atoms with van der Waals surface area (Å²) in [5.74, 6) is -0.619. The molecule has 0 aromatic heterocycles. The Labute approximate surface area is 140 Å². The lowest BCUT2D eigenvalue weighted by atomic mass is 10.2. The number of ether oxygens (including phenoxy) is 2. The van der Waals surface area contributed by atoms with Crippen molar-refractivity contribution in [3.8, 4) is 11.5 Å². The average Bonchev–Trinajstić information content (AvgIpc) is 2.60. The molecule has 0 saturated carbocycles. The summed E-state index contributed by atoms with van der Waals surface area (Å²) in [5, 5.41) is 2.51. The number of likely N-dealkylation sites (N-methyl/N-ethyl adjacent to an activating group) is 1. The van der Waals surface area contributed by atoms with Gasteiger partial charge in [0.15, 0.2) is 0 Å². The Balaban J connectivity index is 1.93. The first-order valence-corrected chi connectivity index (χ1v) is 7.50. The number of benzene rings is 1. The highest BCUT2D eigenvalue weighted by atomic mass is 16.5. The molecule has 8 heteroatoms. The normalized spacial score (nSPS) is 14.4. The van der Waals surface area contributed by atoms with Crippen LogP contribution in [0.25, 0.3) is 0 Å². The molecule has 1 heterocycles. The van der Waals surface area contributed by atoms with E-state index in [9.17, 15) is 9.59 Å². The van der Waals surface area contributed by atoms with Crippen molar-refractivity contribution in [3.05, 3.63) is 30.0 Å². The molecule has 130 valence electrons. The summed E-state index contributed by atoms with van der Waals surface area (Å²) < 4.78 is 10.3. The topological polar surface area (TPSA) is 91.9 Å². The summed E-state index contributed by atoms with van der Waals surface area (Å²) in [7, 11) is 5.01. The lowest BCUT2D eigenvalue weighted by Gasteiger charge is -2.22. The summed E-state index contributed by atoms with van der Waals surface area (Å²) in [5.41, 5.74) is 6.41. The van der Waals surface area contributed by atoms with Gasteiger partial charge >= 0.3 is 11.8 Å². The highest BCUT2D eigenvalue weighted by Crippen LogP contribution is 2.28. The van der Waals surface area contributed by atoms with Crippen LogP contribution in [-0.2, 0) is 9.59 Å². The van der Waals surface area contributed by atoms with Gasteiger partial charge in [-0.2, -0.15) is 0 Å². The number of amides is 2. The lowest BCUT2D eigenvalue weighted by molar-refractivity contribution is -0.136. The van der Waals surface area contributed by atoms with Gasteiger partial charge in [0.1, 0.15) is 11.5 Å². The first-order valence-electron chi connectivity index (χ1n) is 7.50. The van der Waals surface area contributed by atoms with Crippen molar-refractivity contribution >= 4 is 17.5 Å². The molecule has 0 unspecified atom stereocenters. The number of carbonyl (C=O) groups excluding carboxylic acids is 2. The Morgan fingerprint density at radius 2 is 1.96 bits per heavy atom. The fourth-order valence-corrected chi connectivity index (χ4v) is 2.17. The van der Waals surface area contributed by atoms with Crippen molar-refractivity contribution in [2.24, 2.45) is 0 Å². The zero-order chi connectivity index (χ0) is 17.5. The van der Waals surface area contributed by atoms with Crippen molar-refractivity contribution in [2.45, 2.75) is 6.42 Å². The zero-order valence-electron chi connectivity index (χ0n) is 14.0. The molecule has 0 spiro atoms. The summed E-state index contributed by atoms with van der Waals surface area (Å²) in [6.07, 6.45) is 2.74. The molecule has 0 atom stereocenters. The second-order valence-electron chi connectivity index (χ2n) is 5.34. The first kappa shape index (κ1) is 17.6. The first-order chi connectivity index (χ1) is 11.5. The average molecular weight is 334 g/mol. The van der Waals surface area contributed by atoms with E-state index in [2.05, 4.69) is 21.1 Å². The summed E-state index contributed by atoms with van der Waals surface area (Å²) >= 11 is 0. The number of nitrogens with zero attached hydrogens (tertiary/aromatic N) is 1. The largest absolute Gasteiger partial charge is 0.497 e. The Bertz CT molecular complexity index is 645. The van der Waals surface area contributed by atoms with E-state index < -0.39 is 11.8 Å². The number of anilines is 1. The van der Waals surface area contributed by atoms with E-state index in [-0.39, 0.29) is 0 Å². The predicted molar refractivity (Wildman–Crippen MR) is 89.7 cm³/mol. The standard InChI is InChI=1S/C16H22N4O4/c1-20-8-6-11(7-9-20)18-19-16(22)15(21)17-13-10-12(23-2)4-5-14(13)24-3/h4-6,10,18H,7-9H2,1-3H3,(H,17,21)(H,19,22). The third kappa shape index (κ3) is 4.63. The van der Waals surface area contributed by atoms with E-state index >= 15 is 0 Å². The molecule has 0 saturated heterocycles. The molecule has 1 aliphatic rings. The second kappa shape index (κ2) is 8.21. The molecule has 1 aliphatic heterocycles. The molecule has 8 nitrogen and oxygen atoms in total. The minimum atomic E-state index is -0.803. The Morgan fingerprint density at radius 1 is 1.17 bits per heavy atom. The molecule has 3 N–H and O–H groups in total. The van der Waals surface area contributed by atoms with Gasteiger partial charge in [-0.25, -0.2) is 0 Å². The minimum absolute atomic E-state index is 0.357. The van der Waals surface area contributed by atoms with Crippen LogP contribution in [0.1, 0.15) is 6.42 Å². The molecular weight excluding hydrogens is 312 g/mol. The molecule has 0 radical (unpaired) electrons. The summed E-state index contributed by atoms with van der Waals surface area (Å²) in [6, 6.07) is 4.92. The number of hydrazine groups is 1. The molecule has 0 bridgehead atoms.